The minimum atomic E-state index is -3.86. The molecule has 2 aliphatic rings. The van der Waals surface area contributed by atoms with Crippen LogP contribution < -0.4 is 10.6 Å². The number of hydrogen-bond donors (Lipinski definition) is 2. The van der Waals surface area contributed by atoms with Gasteiger partial charge < -0.3 is 5.32 Å². The molecule has 1 aromatic heterocycles. The van der Waals surface area contributed by atoms with Gasteiger partial charge in [0.25, 0.3) is 5.91 Å². The lowest BCUT2D eigenvalue weighted by Gasteiger charge is -2.20. The quantitative estimate of drug-likeness (QED) is 0.760. The van der Waals surface area contributed by atoms with Crippen molar-refractivity contribution >= 4 is 56.5 Å². The molecule has 0 bridgehead atoms. The van der Waals surface area contributed by atoms with E-state index in [4.69, 9.17) is 23.2 Å². The fraction of sp³-hybridized carbons (Fsp3) is 0.400. The molecule has 1 aromatic rings. The van der Waals surface area contributed by atoms with E-state index in [1.54, 1.807) is 0 Å². The zero-order valence-corrected chi connectivity index (χ0v) is 13.5. The molecule has 11 heteroatoms. The summed E-state index contributed by atoms with van der Waals surface area (Å²) in [6.45, 7) is -0.0173. The average Bonchev–Trinajstić information content (AvgIpc) is 3.01. The Morgan fingerprint density at radius 3 is 2.57 bits per heavy atom. The molecule has 0 radical (unpaired) electrons. The van der Waals surface area contributed by atoms with Crippen LogP contribution in [0.5, 0.6) is 0 Å². The van der Waals surface area contributed by atoms with Gasteiger partial charge in [0, 0.05) is 13.1 Å². The zero-order valence-electron chi connectivity index (χ0n) is 10.4. The average molecular weight is 370 g/mol. The maximum atomic E-state index is 12.5. The van der Waals surface area contributed by atoms with E-state index in [-0.39, 0.29) is 33.1 Å². The number of carbonyl (C=O) groups is 2. The number of urea groups is 1. The fourth-order valence-corrected chi connectivity index (χ4v) is 6.05. The molecule has 2 saturated heterocycles. The second kappa shape index (κ2) is 4.82. The third kappa shape index (κ3) is 2.33. The smallest absolute Gasteiger partial charge is 0.322 e. The Hall–Kier alpha value is -0.870. The Kier molecular flexibility index (Phi) is 3.45. The molecule has 1 atom stereocenters. The Labute approximate surface area is 134 Å². The van der Waals surface area contributed by atoms with Crippen LogP contribution in [-0.4, -0.2) is 43.3 Å². The van der Waals surface area contributed by atoms with Crippen molar-refractivity contribution in [2.24, 2.45) is 0 Å². The minimum Gasteiger partial charge on any atom is -0.322 e. The van der Waals surface area contributed by atoms with Crippen molar-refractivity contribution in [2.45, 2.75) is 16.9 Å². The lowest BCUT2D eigenvalue weighted by Crippen LogP contribution is -2.49. The van der Waals surface area contributed by atoms with E-state index < -0.39 is 27.5 Å². The van der Waals surface area contributed by atoms with E-state index in [2.05, 4.69) is 10.6 Å². The summed E-state index contributed by atoms with van der Waals surface area (Å²) in [5.74, 6) is -0.514. The van der Waals surface area contributed by atoms with E-state index in [9.17, 15) is 18.0 Å². The summed E-state index contributed by atoms with van der Waals surface area (Å²) in [7, 11) is -3.86. The van der Waals surface area contributed by atoms with Crippen LogP contribution in [0.1, 0.15) is 6.42 Å². The van der Waals surface area contributed by atoms with Gasteiger partial charge in [0.2, 0.25) is 10.0 Å². The third-order valence-corrected chi connectivity index (χ3v) is 7.09. The number of amides is 3. The van der Waals surface area contributed by atoms with Crippen LogP contribution in [0.25, 0.3) is 0 Å². The Bertz CT molecular complexity index is 747. The van der Waals surface area contributed by atoms with Gasteiger partial charge in [-0.15, -0.1) is 11.3 Å². The maximum Gasteiger partial charge on any atom is 0.322 e. The van der Waals surface area contributed by atoms with Crippen LogP contribution in [0.15, 0.2) is 11.0 Å². The van der Waals surface area contributed by atoms with E-state index in [0.717, 1.165) is 15.6 Å². The van der Waals surface area contributed by atoms with Crippen LogP contribution >= 0.6 is 34.5 Å². The second-order valence-electron chi connectivity index (χ2n) is 4.77. The highest BCUT2D eigenvalue weighted by Gasteiger charge is 2.53. The molecule has 2 N–H and O–H groups in total. The summed E-state index contributed by atoms with van der Waals surface area (Å²) in [6, 6.07) is 0.665. The zero-order chi connectivity index (χ0) is 15.4. The van der Waals surface area contributed by atoms with Gasteiger partial charge >= 0.3 is 6.03 Å². The summed E-state index contributed by atoms with van der Waals surface area (Å²) in [6.07, 6.45) is 0.208. The SMILES string of the molecule is O=C1NC(=O)C2(CCN(S(=O)(=O)c3cc(Cl)sc3Cl)C2)N1. The Balaban J connectivity index is 1.91. The first-order chi connectivity index (χ1) is 9.74. The van der Waals surface area contributed by atoms with Crippen LogP contribution in [-0.2, 0) is 14.8 Å². The number of nitrogens with one attached hydrogen (secondary N) is 2. The number of hydrogen-bond acceptors (Lipinski definition) is 5. The molecule has 1 spiro atoms. The molecule has 2 aliphatic heterocycles. The first kappa shape index (κ1) is 15.0. The molecular weight excluding hydrogens is 361 g/mol. The third-order valence-electron chi connectivity index (χ3n) is 3.49. The van der Waals surface area contributed by atoms with Crippen molar-refractivity contribution in [3.8, 4) is 0 Å². The van der Waals surface area contributed by atoms with E-state index in [1.165, 1.54) is 6.07 Å². The fourth-order valence-electron chi connectivity index (χ4n) is 2.44. The summed E-state index contributed by atoms with van der Waals surface area (Å²) in [4.78, 5) is 23.0. The highest BCUT2D eigenvalue weighted by atomic mass is 35.5. The lowest BCUT2D eigenvalue weighted by molar-refractivity contribution is -0.123. The minimum absolute atomic E-state index is 0.0702. The Morgan fingerprint density at radius 1 is 1.33 bits per heavy atom. The van der Waals surface area contributed by atoms with Gasteiger partial charge in [-0.2, -0.15) is 4.31 Å². The summed E-state index contributed by atoms with van der Waals surface area (Å²) in [5, 5.41) is 4.61. The standard InChI is InChI=1S/C10H9Cl2N3O4S2/c11-6-3-5(7(12)20-6)21(18,19)15-2-1-10(4-15)8(16)13-9(17)14-10/h3H,1-2,4H2,(H2,13,14,16,17). The van der Waals surface area contributed by atoms with Gasteiger partial charge in [0.1, 0.15) is 14.8 Å². The molecule has 1 unspecified atom stereocenters. The second-order valence-corrected chi connectivity index (χ2v) is 8.96. The molecule has 3 rings (SSSR count). The van der Waals surface area contributed by atoms with Crippen LogP contribution in [0.2, 0.25) is 8.67 Å². The monoisotopic (exact) mass is 369 g/mol. The number of carbonyl (C=O) groups excluding carboxylic acids is 2. The van der Waals surface area contributed by atoms with E-state index in [0.29, 0.717) is 0 Å². The highest BCUT2D eigenvalue weighted by molar-refractivity contribution is 7.89. The number of imide groups is 1. The summed E-state index contributed by atoms with van der Waals surface area (Å²) in [5.41, 5.74) is -1.20. The largest absolute Gasteiger partial charge is 0.322 e. The van der Waals surface area contributed by atoms with Crippen molar-refractivity contribution in [1.82, 2.24) is 14.9 Å². The van der Waals surface area contributed by atoms with Crippen molar-refractivity contribution in [3.05, 3.63) is 14.7 Å². The van der Waals surface area contributed by atoms with Crippen LogP contribution in [0.3, 0.4) is 0 Å². The molecule has 7 nitrogen and oxygen atoms in total. The molecule has 114 valence electrons. The predicted molar refractivity (Wildman–Crippen MR) is 77.1 cm³/mol. The normalized spacial score (nSPS) is 26.4. The molecule has 21 heavy (non-hydrogen) atoms. The molecule has 0 aliphatic carbocycles. The van der Waals surface area contributed by atoms with E-state index in [1.807, 2.05) is 0 Å². The summed E-state index contributed by atoms with van der Waals surface area (Å²) < 4.78 is 26.5. The maximum absolute atomic E-state index is 12.5. The molecule has 0 saturated carbocycles. The van der Waals surface area contributed by atoms with E-state index >= 15 is 0 Å². The van der Waals surface area contributed by atoms with Crippen molar-refractivity contribution in [1.29, 1.82) is 0 Å². The molecule has 3 amide bonds. The number of thiophene rings is 1. The van der Waals surface area contributed by atoms with Crippen LogP contribution in [0, 0.1) is 0 Å². The molecular formula is C10H9Cl2N3O4S2. The van der Waals surface area contributed by atoms with Crippen molar-refractivity contribution < 1.29 is 18.0 Å². The molecule has 3 heterocycles. The number of rotatable bonds is 2. The topological polar surface area (TPSA) is 95.6 Å². The van der Waals surface area contributed by atoms with Crippen molar-refractivity contribution in [2.75, 3.05) is 13.1 Å². The van der Waals surface area contributed by atoms with Crippen molar-refractivity contribution in [3.63, 3.8) is 0 Å². The van der Waals surface area contributed by atoms with Gasteiger partial charge in [-0.1, -0.05) is 23.2 Å². The first-order valence-electron chi connectivity index (χ1n) is 5.83. The Morgan fingerprint density at radius 2 is 2.05 bits per heavy atom. The molecule has 2 fully saturated rings. The van der Waals surface area contributed by atoms with Crippen LogP contribution in [0.4, 0.5) is 4.79 Å². The highest BCUT2D eigenvalue weighted by Crippen LogP contribution is 2.38. The number of sulfonamides is 1. The van der Waals surface area contributed by atoms with Gasteiger partial charge in [0.15, 0.2) is 0 Å². The predicted octanol–water partition coefficient (Wildman–Crippen LogP) is 1.03. The lowest BCUT2D eigenvalue weighted by atomic mass is 10.00. The molecule has 0 aromatic carbocycles. The van der Waals surface area contributed by atoms with Gasteiger partial charge in [-0.3, -0.25) is 10.1 Å². The summed E-state index contributed by atoms with van der Waals surface area (Å²) >= 11 is 12.6. The van der Waals surface area contributed by atoms with Gasteiger partial charge in [-0.05, 0) is 12.5 Å². The number of halogens is 2. The first-order valence-corrected chi connectivity index (χ1v) is 8.84. The van der Waals surface area contributed by atoms with Gasteiger partial charge in [0.05, 0.1) is 4.34 Å². The number of nitrogens with zero attached hydrogens (tertiary/aromatic N) is 1. The van der Waals surface area contributed by atoms with Gasteiger partial charge in [-0.25, -0.2) is 13.2 Å².